The second kappa shape index (κ2) is 6.00. The monoisotopic (exact) mass is 311 g/mol. The Bertz CT molecular complexity index is 406. The Morgan fingerprint density at radius 1 is 1.39 bits per heavy atom. The molecule has 2 rings (SSSR count). The third kappa shape index (κ3) is 3.02. The number of piperidine rings is 1. The van der Waals surface area contributed by atoms with Gasteiger partial charge in [0.1, 0.15) is 0 Å². The molecule has 0 aliphatic carbocycles. The number of hydrogen-bond acceptors (Lipinski definition) is 3. The minimum Gasteiger partial charge on any atom is -0.337 e. The van der Waals surface area contributed by atoms with E-state index in [1.54, 1.807) is 0 Å². The second-order valence-corrected chi connectivity index (χ2v) is 6.03. The Balaban J connectivity index is 2.30. The summed E-state index contributed by atoms with van der Waals surface area (Å²) in [5, 5.41) is 1.00. The van der Waals surface area contributed by atoms with Crippen molar-refractivity contribution in [3.05, 3.63) is 17.5 Å². The summed E-state index contributed by atoms with van der Waals surface area (Å²) in [6.07, 6.45) is 3.80. The van der Waals surface area contributed by atoms with Gasteiger partial charge in [0.25, 0.3) is 0 Å². The zero-order valence-electron chi connectivity index (χ0n) is 11.5. The molecule has 0 radical (unpaired) electrons. The molecule has 1 atom stereocenters. The van der Waals surface area contributed by atoms with Gasteiger partial charge in [-0.25, -0.2) is 9.97 Å². The Morgan fingerprint density at radius 2 is 2.17 bits per heavy atom. The van der Waals surface area contributed by atoms with Gasteiger partial charge in [-0.15, -0.1) is 0 Å². The molecule has 1 aliphatic rings. The maximum Gasteiger partial charge on any atom is 0.226 e. The largest absolute Gasteiger partial charge is 0.337 e. The molecule has 1 unspecified atom stereocenters. The van der Waals surface area contributed by atoms with Gasteiger partial charge in [0, 0.05) is 29.3 Å². The van der Waals surface area contributed by atoms with E-state index in [9.17, 15) is 0 Å². The molecule has 100 valence electrons. The molecule has 4 heteroatoms. The van der Waals surface area contributed by atoms with Gasteiger partial charge in [0.05, 0.1) is 0 Å². The van der Waals surface area contributed by atoms with Crippen molar-refractivity contribution in [2.75, 3.05) is 16.8 Å². The average molecular weight is 312 g/mol. The van der Waals surface area contributed by atoms with Crippen molar-refractivity contribution in [3.63, 3.8) is 0 Å². The van der Waals surface area contributed by atoms with Gasteiger partial charge in [-0.2, -0.15) is 0 Å². The van der Waals surface area contributed by atoms with Crippen molar-refractivity contribution in [2.24, 2.45) is 0 Å². The fourth-order valence-corrected chi connectivity index (χ4v) is 3.10. The Labute approximate surface area is 118 Å². The summed E-state index contributed by atoms with van der Waals surface area (Å²) < 4.78 is 0. The molecule has 0 aromatic carbocycles. The summed E-state index contributed by atoms with van der Waals surface area (Å²) in [4.78, 5) is 11.8. The molecular weight excluding hydrogens is 290 g/mol. The molecule has 0 N–H and O–H groups in total. The van der Waals surface area contributed by atoms with Gasteiger partial charge in [-0.1, -0.05) is 29.8 Å². The van der Waals surface area contributed by atoms with Crippen molar-refractivity contribution < 1.29 is 0 Å². The quantitative estimate of drug-likeness (QED) is 0.798. The lowest BCUT2D eigenvalue weighted by Gasteiger charge is -2.35. The van der Waals surface area contributed by atoms with Gasteiger partial charge >= 0.3 is 0 Å². The van der Waals surface area contributed by atoms with Crippen molar-refractivity contribution in [1.29, 1.82) is 0 Å². The summed E-state index contributed by atoms with van der Waals surface area (Å²) >= 11 is 3.62. The number of nitrogens with zero attached hydrogens (tertiary/aromatic N) is 3. The summed E-state index contributed by atoms with van der Waals surface area (Å²) in [5.74, 6) is 1.38. The number of aryl methyl sites for hydroxylation is 1. The topological polar surface area (TPSA) is 29.0 Å². The molecular formula is C14H22BrN3. The van der Waals surface area contributed by atoms with Crippen LogP contribution in [0.25, 0.3) is 0 Å². The fraction of sp³-hybridized carbons (Fsp3) is 0.714. The van der Waals surface area contributed by atoms with Crippen LogP contribution in [0.2, 0.25) is 0 Å². The number of halogens is 1. The first-order valence-corrected chi connectivity index (χ1v) is 7.92. The molecule has 0 amide bonds. The lowest BCUT2D eigenvalue weighted by molar-refractivity contribution is 0.482. The molecule has 0 bridgehead atoms. The van der Waals surface area contributed by atoms with E-state index in [4.69, 9.17) is 4.98 Å². The van der Waals surface area contributed by atoms with Crippen LogP contribution in [-0.2, 0) is 0 Å². The van der Waals surface area contributed by atoms with Crippen LogP contribution in [-0.4, -0.2) is 27.9 Å². The SMILES string of the molecule is Cc1cc(C(C)C)nc(N2CCCCC2CBr)n1. The summed E-state index contributed by atoms with van der Waals surface area (Å²) in [7, 11) is 0. The van der Waals surface area contributed by atoms with Gasteiger partial charge in [0.15, 0.2) is 0 Å². The molecule has 1 aromatic heterocycles. The van der Waals surface area contributed by atoms with Gasteiger partial charge in [0.2, 0.25) is 5.95 Å². The first-order valence-electron chi connectivity index (χ1n) is 6.80. The van der Waals surface area contributed by atoms with E-state index in [1.807, 2.05) is 0 Å². The second-order valence-electron chi connectivity index (χ2n) is 5.39. The minimum atomic E-state index is 0.456. The number of hydrogen-bond donors (Lipinski definition) is 0. The van der Waals surface area contributed by atoms with Crippen LogP contribution in [0.5, 0.6) is 0 Å². The first kappa shape index (κ1) is 13.8. The standard InChI is InChI=1S/C14H22BrN3/c1-10(2)13-8-11(3)16-14(17-13)18-7-5-4-6-12(18)9-15/h8,10,12H,4-7,9H2,1-3H3. The van der Waals surface area contributed by atoms with Gasteiger partial charge < -0.3 is 4.90 Å². The van der Waals surface area contributed by atoms with Crippen LogP contribution in [0.4, 0.5) is 5.95 Å². The predicted molar refractivity (Wildman–Crippen MR) is 79.6 cm³/mol. The van der Waals surface area contributed by atoms with Gasteiger partial charge in [-0.05, 0) is 38.2 Å². The zero-order valence-corrected chi connectivity index (χ0v) is 13.1. The third-order valence-corrected chi connectivity index (χ3v) is 4.26. The molecule has 1 aliphatic heterocycles. The van der Waals surface area contributed by atoms with Crippen LogP contribution in [0, 0.1) is 6.92 Å². The molecule has 18 heavy (non-hydrogen) atoms. The molecule has 1 fully saturated rings. The highest BCUT2D eigenvalue weighted by Crippen LogP contribution is 2.24. The van der Waals surface area contributed by atoms with Crippen LogP contribution in [0.1, 0.15) is 50.4 Å². The lowest BCUT2D eigenvalue weighted by Crippen LogP contribution is -2.42. The molecule has 3 nitrogen and oxygen atoms in total. The summed E-state index contributed by atoms with van der Waals surface area (Å²) in [5.41, 5.74) is 2.22. The first-order chi connectivity index (χ1) is 8.61. The summed E-state index contributed by atoms with van der Waals surface area (Å²) in [6.45, 7) is 7.51. The Hall–Kier alpha value is -0.640. The molecule has 0 saturated carbocycles. The van der Waals surface area contributed by atoms with Crippen molar-refractivity contribution in [3.8, 4) is 0 Å². The number of rotatable bonds is 3. The lowest BCUT2D eigenvalue weighted by atomic mass is 10.0. The van der Waals surface area contributed by atoms with E-state index >= 15 is 0 Å². The summed E-state index contributed by atoms with van der Waals surface area (Å²) in [6, 6.07) is 2.64. The smallest absolute Gasteiger partial charge is 0.226 e. The molecule has 1 saturated heterocycles. The zero-order chi connectivity index (χ0) is 13.1. The van der Waals surface area contributed by atoms with Crippen molar-refractivity contribution >= 4 is 21.9 Å². The van der Waals surface area contributed by atoms with Crippen LogP contribution < -0.4 is 4.90 Å². The highest BCUT2D eigenvalue weighted by Gasteiger charge is 2.24. The van der Waals surface area contributed by atoms with Crippen LogP contribution >= 0.6 is 15.9 Å². The minimum absolute atomic E-state index is 0.456. The van der Waals surface area contributed by atoms with Crippen molar-refractivity contribution in [1.82, 2.24) is 9.97 Å². The van der Waals surface area contributed by atoms with Crippen LogP contribution in [0.15, 0.2) is 6.07 Å². The fourth-order valence-electron chi connectivity index (χ4n) is 2.43. The highest BCUT2D eigenvalue weighted by molar-refractivity contribution is 9.09. The van der Waals surface area contributed by atoms with Gasteiger partial charge in [-0.3, -0.25) is 0 Å². The molecule has 0 spiro atoms. The van der Waals surface area contributed by atoms with E-state index in [1.165, 1.54) is 19.3 Å². The Morgan fingerprint density at radius 3 is 2.83 bits per heavy atom. The number of aromatic nitrogens is 2. The highest BCUT2D eigenvalue weighted by atomic mass is 79.9. The number of alkyl halides is 1. The Kier molecular flexibility index (Phi) is 4.60. The van der Waals surface area contributed by atoms with E-state index in [0.29, 0.717) is 12.0 Å². The van der Waals surface area contributed by atoms with E-state index in [0.717, 1.165) is 29.2 Å². The van der Waals surface area contributed by atoms with Crippen molar-refractivity contribution in [2.45, 2.75) is 52.0 Å². The normalized spacial score (nSPS) is 20.5. The molecule has 1 aromatic rings. The van der Waals surface area contributed by atoms with E-state index in [2.05, 4.69) is 52.7 Å². The van der Waals surface area contributed by atoms with E-state index < -0.39 is 0 Å². The molecule has 2 heterocycles. The third-order valence-electron chi connectivity index (χ3n) is 3.52. The average Bonchev–Trinajstić information content (AvgIpc) is 2.38. The van der Waals surface area contributed by atoms with E-state index in [-0.39, 0.29) is 0 Å². The predicted octanol–water partition coefficient (Wildman–Crippen LogP) is 3.66. The maximum atomic E-state index is 4.75. The number of anilines is 1. The van der Waals surface area contributed by atoms with Crippen LogP contribution in [0.3, 0.4) is 0 Å². The maximum absolute atomic E-state index is 4.75.